The molecule has 8 nitrogen and oxygen atoms in total. The van der Waals surface area contributed by atoms with Gasteiger partial charge in [-0.3, -0.25) is 9.59 Å². The number of hydrogen-bond acceptors (Lipinski definition) is 5. The zero-order valence-electron chi connectivity index (χ0n) is 13.7. The number of nitrogens with one attached hydrogen (secondary N) is 2. The van der Waals surface area contributed by atoms with Crippen LogP contribution in [0.15, 0.2) is 35.1 Å². The number of H-pyrrole nitrogens is 1. The number of rotatable bonds is 4. The van der Waals surface area contributed by atoms with Crippen molar-refractivity contribution in [2.45, 2.75) is 6.10 Å². The number of sulfonamides is 1. The first-order valence-corrected chi connectivity index (χ1v) is 9.66. The minimum Gasteiger partial charge on any atom is -0.374 e. The minimum atomic E-state index is -3.29. The monoisotopic (exact) mass is 365 g/mol. The fourth-order valence-corrected chi connectivity index (χ4v) is 3.65. The number of carbonyl (C=O) groups is 1. The Balaban J connectivity index is 1.72. The largest absolute Gasteiger partial charge is 0.374 e. The van der Waals surface area contributed by atoms with Crippen molar-refractivity contribution in [3.05, 3.63) is 46.2 Å². The molecule has 0 aliphatic carbocycles. The van der Waals surface area contributed by atoms with E-state index in [1.807, 2.05) is 0 Å². The molecular weight excluding hydrogens is 346 g/mol. The molecule has 0 radical (unpaired) electrons. The summed E-state index contributed by atoms with van der Waals surface area (Å²) >= 11 is 0. The van der Waals surface area contributed by atoms with Crippen LogP contribution in [0, 0.1) is 0 Å². The van der Waals surface area contributed by atoms with Gasteiger partial charge in [-0.25, -0.2) is 8.42 Å². The highest BCUT2D eigenvalue weighted by Gasteiger charge is 2.27. The molecule has 1 aliphatic heterocycles. The molecule has 134 valence electrons. The van der Waals surface area contributed by atoms with E-state index in [4.69, 9.17) is 4.74 Å². The second kappa shape index (κ2) is 6.95. The number of morpholine rings is 1. The third kappa shape index (κ3) is 4.06. The maximum absolute atomic E-state index is 12.5. The number of pyridine rings is 1. The van der Waals surface area contributed by atoms with Crippen LogP contribution in [-0.2, 0) is 14.8 Å². The number of aromatic amines is 1. The lowest BCUT2D eigenvalue weighted by molar-refractivity contribution is 0.000446. The maximum atomic E-state index is 12.5. The van der Waals surface area contributed by atoms with Crippen LogP contribution in [0.25, 0.3) is 10.9 Å². The van der Waals surface area contributed by atoms with Crippen molar-refractivity contribution < 1.29 is 17.9 Å². The first kappa shape index (κ1) is 17.6. The number of carbonyl (C=O) groups excluding carboxylic acids is 1. The molecule has 3 rings (SSSR count). The van der Waals surface area contributed by atoms with Crippen LogP contribution >= 0.6 is 0 Å². The molecule has 0 spiro atoms. The second-order valence-electron chi connectivity index (χ2n) is 5.92. The van der Waals surface area contributed by atoms with Gasteiger partial charge in [-0.2, -0.15) is 4.31 Å². The van der Waals surface area contributed by atoms with Crippen molar-refractivity contribution in [3.63, 3.8) is 0 Å². The Morgan fingerprint density at radius 2 is 2.16 bits per heavy atom. The standard InChI is InChI=1S/C16H19N3O5S/c1-25(22,23)19-6-7-24-11(10-19)9-17-16(21)13-8-15(20)18-14-5-3-2-4-12(13)14/h2-5,8,11H,6-7,9-10H2,1H3,(H,17,21)(H,18,20)/t11-/m1/s1. The summed E-state index contributed by atoms with van der Waals surface area (Å²) in [7, 11) is -3.29. The Bertz CT molecular complexity index is 954. The molecule has 1 atom stereocenters. The first-order valence-electron chi connectivity index (χ1n) is 7.81. The van der Waals surface area contributed by atoms with Crippen LogP contribution in [-0.4, -0.2) is 62.2 Å². The second-order valence-corrected chi connectivity index (χ2v) is 7.90. The number of nitrogens with zero attached hydrogens (tertiary/aromatic N) is 1. The number of ether oxygens (including phenoxy) is 1. The highest BCUT2D eigenvalue weighted by Crippen LogP contribution is 2.14. The van der Waals surface area contributed by atoms with Crippen molar-refractivity contribution >= 4 is 26.8 Å². The van der Waals surface area contributed by atoms with Gasteiger partial charge in [-0.05, 0) is 6.07 Å². The van der Waals surface area contributed by atoms with Crippen molar-refractivity contribution in [3.8, 4) is 0 Å². The van der Waals surface area contributed by atoms with E-state index in [9.17, 15) is 18.0 Å². The van der Waals surface area contributed by atoms with Crippen molar-refractivity contribution in [1.82, 2.24) is 14.6 Å². The molecule has 0 bridgehead atoms. The van der Waals surface area contributed by atoms with E-state index < -0.39 is 22.0 Å². The summed E-state index contributed by atoms with van der Waals surface area (Å²) in [5.41, 5.74) is 0.494. The number of aromatic nitrogens is 1. The number of fused-ring (bicyclic) bond motifs is 1. The molecule has 1 saturated heterocycles. The Morgan fingerprint density at radius 1 is 1.40 bits per heavy atom. The molecule has 0 unspecified atom stereocenters. The van der Waals surface area contributed by atoms with Crippen molar-refractivity contribution in [2.24, 2.45) is 0 Å². The Kier molecular flexibility index (Phi) is 4.89. The Hall–Kier alpha value is -2.23. The summed E-state index contributed by atoms with van der Waals surface area (Å²) < 4.78 is 30.1. The number of amides is 1. The zero-order chi connectivity index (χ0) is 18.0. The smallest absolute Gasteiger partial charge is 0.252 e. The molecule has 0 saturated carbocycles. The lowest BCUT2D eigenvalue weighted by Gasteiger charge is -2.31. The van der Waals surface area contributed by atoms with Gasteiger partial charge >= 0.3 is 0 Å². The van der Waals surface area contributed by atoms with Gasteiger partial charge in [-0.1, -0.05) is 18.2 Å². The zero-order valence-corrected chi connectivity index (χ0v) is 14.5. The Labute approximate surface area is 144 Å². The van der Waals surface area contributed by atoms with Crippen molar-refractivity contribution in [1.29, 1.82) is 0 Å². The summed E-state index contributed by atoms with van der Waals surface area (Å²) in [5, 5.41) is 3.36. The Morgan fingerprint density at radius 3 is 2.92 bits per heavy atom. The van der Waals surface area contributed by atoms with Gasteiger partial charge in [0.1, 0.15) is 0 Å². The molecule has 2 aromatic rings. The molecule has 2 heterocycles. The molecular formula is C16H19N3O5S. The quantitative estimate of drug-likeness (QED) is 0.788. The topological polar surface area (TPSA) is 109 Å². The number of hydrogen-bond donors (Lipinski definition) is 2. The average molecular weight is 365 g/mol. The molecule has 1 fully saturated rings. The van der Waals surface area contributed by atoms with Gasteiger partial charge in [0, 0.05) is 36.6 Å². The van der Waals surface area contributed by atoms with Crippen LogP contribution in [0.1, 0.15) is 10.4 Å². The molecule has 1 aliphatic rings. The average Bonchev–Trinajstić information content (AvgIpc) is 2.58. The summed E-state index contributed by atoms with van der Waals surface area (Å²) in [4.78, 5) is 26.9. The predicted octanol–water partition coefficient (Wildman–Crippen LogP) is -0.0817. The van der Waals surface area contributed by atoms with E-state index in [0.717, 1.165) is 6.26 Å². The fraction of sp³-hybridized carbons (Fsp3) is 0.375. The SMILES string of the molecule is CS(=O)(=O)N1CCO[C@H](CNC(=O)c2cc(=O)[nH]c3ccccc23)C1. The van der Waals surface area contributed by atoms with Crippen LogP contribution in [0.4, 0.5) is 0 Å². The van der Waals surface area contributed by atoms with Crippen LogP contribution in [0.3, 0.4) is 0 Å². The fourth-order valence-electron chi connectivity index (χ4n) is 2.81. The van der Waals surface area contributed by atoms with E-state index in [0.29, 0.717) is 17.4 Å². The van der Waals surface area contributed by atoms with E-state index >= 15 is 0 Å². The lowest BCUT2D eigenvalue weighted by atomic mass is 10.1. The minimum absolute atomic E-state index is 0.159. The van der Waals surface area contributed by atoms with Gasteiger partial charge in [0.15, 0.2) is 0 Å². The van der Waals surface area contributed by atoms with E-state index in [1.54, 1.807) is 24.3 Å². The third-order valence-electron chi connectivity index (χ3n) is 4.06. The van der Waals surface area contributed by atoms with E-state index in [-0.39, 0.29) is 30.8 Å². The molecule has 1 amide bonds. The van der Waals surface area contributed by atoms with Crippen LogP contribution < -0.4 is 10.9 Å². The van der Waals surface area contributed by atoms with Gasteiger partial charge in [0.05, 0.1) is 24.5 Å². The summed E-state index contributed by atoms with van der Waals surface area (Å²) in [6.45, 7) is 0.935. The van der Waals surface area contributed by atoms with Gasteiger partial charge in [0.25, 0.3) is 5.91 Å². The van der Waals surface area contributed by atoms with Gasteiger partial charge < -0.3 is 15.0 Å². The molecule has 1 aromatic heterocycles. The van der Waals surface area contributed by atoms with E-state index in [2.05, 4.69) is 10.3 Å². The summed E-state index contributed by atoms with van der Waals surface area (Å²) in [6.07, 6.45) is 0.719. The molecule has 9 heteroatoms. The highest BCUT2D eigenvalue weighted by atomic mass is 32.2. The predicted molar refractivity (Wildman–Crippen MR) is 93.1 cm³/mol. The lowest BCUT2D eigenvalue weighted by Crippen LogP contribution is -2.49. The summed E-state index contributed by atoms with van der Waals surface area (Å²) in [5.74, 6) is -0.401. The normalized spacial score (nSPS) is 19.0. The summed E-state index contributed by atoms with van der Waals surface area (Å²) in [6, 6.07) is 8.29. The van der Waals surface area contributed by atoms with Crippen LogP contribution in [0.5, 0.6) is 0 Å². The molecule has 2 N–H and O–H groups in total. The number of benzene rings is 1. The third-order valence-corrected chi connectivity index (χ3v) is 5.33. The first-order chi connectivity index (χ1) is 11.8. The van der Waals surface area contributed by atoms with E-state index in [1.165, 1.54) is 10.4 Å². The maximum Gasteiger partial charge on any atom is 0.252 e. The van der Waals surface area contributed by atoms with Gasteiger partial charge in [-0.15, -0.1) is 0 Å². The van der Waals surface area contributed by atoms with Crippen LogP contribution in [0.2, 0.25) is 0 Å². The molecule has 25 heavy (non-hydrogen) atoms. The number of para-hydroxylation sites is 1. The highest BCUT2D eigenvalue weighted by molar-refractivity contribution is 7.88. The molecule has 1 aromatic carbocycles. The van der Waals surface area contributed by atoms with Crippen molar-refractivity contribution in [2.75, 3.05) is 32.5 Å². The van der Waals surface area contributed by atoms with Gasteiger partial charge in [0.2, 0.25) is 15.6 Å².